The van der Waals surface area contributed by atoms with E-state index < -0.39 is 0 Å². The maximum atomic E-state index is 12.9. The van der Waals surface area contributed by atoms with Crippen molar-refractivity contribution in [3.63, 3.8) is 0 Å². The number of pyridine rings is 1. The van der Waals surface area contributed by atoms with Crippen LogP contribution in [0.15, 0.2) is 24.4 Å². The average molecular weight is 177 g/mol. The van der Waals surface area contributed by atoms with Crippen molar-refractivity contribution in [2.24, 2.45) is 0 Å². The van der Waals surface area contributed by atoms with Crippen molar-refractivity contribution in [1.82, 2.24) is 4.98 Å². The third kappa shape index (κ3) is 1.33. The summed E-state index contributed by atoms with van der Waals surface area (Å²) in [4.78, 5) is 3.91. The van der Waals surface area contributed by atoms with Gasteiger partial charge >= 0.3 is 0 Å². The second kappa shape index (κ2) is 2.69. The monoisotopic (exact) mass is 177 g/mol. The minimum absolute atomic E-state index is 0.0993. The van der Waals surface area contributed by atoms with E-state index in [1.807, 2.05) is 0 Å². The Bertz CT molecular complexity index is 468. The summed E-state index contributed by atoms with van der Waals surface area (Å²) in [5.74, 6) is -0.203. The van der Waals surface area contributed by atoms with Crippen LogP contribution in [0.4, 0.5) is 4.39 Å². The van der Waals surface area contributed by atoms with Crippen molar-refractivity contribution in [2.75, 3.05) is 0 Å². The Morgan fingerprint density at radius 3 is 2.85 bits per heavy atom. The van der Waals surface area contributed by atoms with Gasteiger partial charge in [0.25, 0.3) is 0 Å². The number of rotatable bonds is 0. The molecule has 1 aromatic heterocycles. The van der Waals surface area contributed by atoms with Crippen LogP contribution in [-0.2, 0) is 0 Å². The fourth-order valence-corrected chi connectivity index (χ4v) is 1.35. The fourth-order valence-electron chi connectivity index (χ4n) is 1.35. The second-order valence-corrected chi connectivity index (χ2v) is 2.98. The van der Waals surface area contributed by atoms with E-state index in [1.165, 1.54) is 18.3 Å². The zero-order valence-electron chi connectivity index (χ0n) is 7.08. The van der Waals surface area contributed by atoms with Crippen LogP contribution in [0.1, 0.15) is 5.56 Å². The molecule has 13 heavy (non-hydrogen) atoms. The van der Waals surface area contributed by atoms with Crippen LogP contribution in [0.3, 0.4) is 0 Å². The van der Waals surface area contributed by atoms with Gasteiger partial charge in [0.05, 0.1) is 11.7 Å². The van der Waals surface area contributed by atoms with Gasteiger partial charge in [-0.05, 0) is 24.6 Å². The molecule has 0 radical (unpaired) electrons. The molecule has 0 unspecified atom stereocenters. The highest BCUT2D eigenvalue weighted by molar-refractivity contribution is 5.83. The van der Waals surface area contributed by atoms with Gasteiger partial charge in [0.1, 0.15) is 11.6 Å². The van der Waals surface area contributed by atoms with Gasteiger partial charge in [-0.2, -0.15) is 0 Å². The van der Waals surface area contributed by atoms with Crippen molar-refractivity contribution in [1.29, 1.82) is 0 Å². The zero-order chi connectivity index (χ0) is 9.42. The van der Waals surface area contributed by atoms with E-state index >= 15 is 0 Å². The van der Waals surface area contributed by atoms with Crippen LogP contribution < -0.4 is 0 Å². The molecule has 0 aliphatic carbocycles. The van der Waals surface area contributed by atoms with E-state index in [2.05, 4.69) is 4.98 Å². The summed E-state index contributed by atoms with van der Waals surface area (Å²) in [5.41, 5.74) is 1.34. The summed E-state index contributed by atoms with van der Waals surface area (Å²) in [6, 6.07) is 4.35. The maximum absolute atomic E-state index is 12.9. The Hall–Kier alpha value is -1.64. The summed E-state index contributed by atoms with van der Waals surface area (Å²) in [6.07, 6.45) is 1.31. The zero-order valence-corrected chi connectivity index (χ0v) is 7.08. The predicted octanol–water partition coefficient (Wildman–Crippen LogP) is 2.39. The minimum Gasteiger partial charge on any atom is -0.506 e. The summed E-state index contributed by atoms with van der Waals surface area (Å²) in [5, 5.41) is 9.95. The number of benzene rings is 1. The predicted molar refractivity (Wildman–Crippen MR) is 48.1 cm³/mol. The molecule has 0 saturated heterocycles. The minimum atomic E-state index is -0.303. The number of hydrogen-bond acceptors (Lipinski definition) is 2. The average Bonchev–Trinajstić information content (AvgIpc) is 2.06. The lowest BCUT2D eigenvalue weighted by Gasteiger charge is -2.01. The van der Waals surface area contributed by atoms with E-state index in [-0.39, 0.29) is 11.6 Å². The molecule has 3 heteroatoms. The van der Waals surface area contributed by atoms with Gasteiger partial charge < -0.3 is 5.11 Å². The Morgan fingerprint density at radius 2 is 2.08 bits per heavy atom. The van der Waals surface area contributed by atoms with Gasteiger partial charge in [-0.1, -0.05) is 0 Å². The number of hydrogen-bond donors (Lipinski definition) is 1. The van der Waals surface area contributed by atoms with Crippen LogP contribution in [-0.4, -0.2) is 10.1 Å². The Balaban J connectivity index is 2.87. The van der Waals surface area contributed by atoms with E-state index in [0.717, 1.165) is 10.9 Å². The van der Waals surface area contributed by atoms with Gasteiger partial charge in [-0.3, -0.25) is 4.98 Å². The largest absolute Gasteiger partial charge is 0.506 e. The summed E-state index contributed by atoms with van der Waals surface area (Å²) < 4.78 is 12.9. The molecule has 1 aromatic carbocycles. The van der Waals surface area contributed by atoms with Gasteiger partial charge in [0.2, 0.25) is 0 Å². The first kappa shape index (κ1) is 7.98. The quantitative estimate of drug-likeness (QED) is 0.670. The molecule has 0 amide bonds. The third-order valence-electron chi connectivity index (χ3n) is 1.96. The topological polar surface area (TPSA) is 33.1 Å². The SMILES string of the molecule is Cc1cc(F)cc2ncc(O)cc12. The van der Waals surface area contributed by atoms with Crippen molar-refractivity contribution < 1.29 is 9.50 Å². The molecule has 1 N–H and O–H groups in total. The lowest BCUT2D eigenvalue weighted by atomic mass is 10.1. The van der Waals surface area contributed by atoms with E-state index in [1.54, 1.807) is 13.0 Å². The van der Waals surface area contributed by atoms with Crippen molar-refractivity contribution in [3.8, 4) is 5.75 Å². The van der Waals surface area contributed by atoms with E-state index in [4.69, 9.17) is 5.11 Å². The first-order chi connectivity index (χ1) is 6.16. The Kier molecular flexibility index (Phi) is 1.65. The van der Waals surface area contributed by atoms with E-state index in [0.29, 0.717) is 5.52 Å². The molecule has 0 saturated carbocycles. The molecule has 0 atom stereocenters. The molecule has 0 bridgehead atoms. The second-order valence-electron chi connectivity index (χ2n) is 2.98. The van der Waals surface area contributed by atoms with Crippen LogP contribution in [0.5, 0.6) is 5.75 Å². The lowest BCUT2D eigenvalue weighted by Crippen LogP contribution is -1.84. The Labute approximate surface area is 74.7 Å². The number of aryl methyl sites for hydroxylation is 1. The summed E-state index contributed by atoms with van der Waals surface area (Å²) >= 11 is 0. The molecular weight excluding hydrogens is 169 g/mol. The number of halogens is 1. The maximum Gasteiger partial charge on any atom is 0.134 e. The van der Waals surface area contributed by atoms with Crippen LogP contribution in [0.2, 0.25) is 0 Å². The molecule has 1 heterocycles. The van der Waals surface area contributed by atoms with Gasteiger partial charge in [0.15, 0.2) is 0 Å². The highest BCUT2D eigenvalue weighted by atomic mass is 19.1. The first-order valence-corrected chi connectivity index (χ1v) is 3.92. The third-order valence-corrected chi connectivity index (χ3v) is 1.96. The molecule has 66 valence electrons. The smallest absolute Gasteiger partial charge is 0.134 e. The molecule has 0 spiro atoms. The standard InChI is InChI=1S/C10H8FNO/c1-6-2-7(11)3-10-9(6)4-8(13)5-12-10/h2-5,13H,1H3. The van der Waals surface area contributed by atoms with Crippen LogP contribution in [0.25, 0.3) is 10.9 Å². The lowest BCUT2D eigenvalue weighted by molar-refractivity contribution is 0.474. The van der Waals surface area contributed by atoms with Crippen molar-refractivity contribution in [2.45, 2.75) is 6.92 Å². The molecule has 2 aromatic rings. The van der Waals surface area contributed by atoms with Crippen molar-refractivity contribution in [3.05, 3.63) is 35.8 Å². The first-order valence-electron chi connectivity index (χ1n) is 3.92. The summed E-state index contributed by atoms with van der Waals surface area (Å²) in [6.45, 7) is 1.78. The number of nitrogens with zero attached hydrogens (tertiary/aromatic N) is 1. The highest BCUT2D eigenvalue weighted by Gasteiger charge is 2.02. The number of aromatic hydroxyl groups is 1. The van der Waals surface area contributed by atoms with E-state index in [9.17, 15) is 4.39 Å². The van der Waals surface area contributed by atoms with Crippen LogP contribution >= 0.6 is 0 Å². The molecule has 0 fully saturated rings. The molecule has 0 aliphatic heterocycles. The van der Waals surface area contributed by atoms with Crippen LogP contribution in [0, 0.1) is 12.7 Å². The fraction of sp³-hybridized carbons (Fsp3) is 0.100. The highest BCUT2D eigenvalue weighted by Crippen LogP contribution is 2.21. The number of fused-ring (bicyclic) bond motifs is 1. The molecule has 2 rings (SSSR count). The molecule has 2 nitrogen and oxygen atoms in total. The molecular formula is C10H8FNO. The van der Waals surface area contributed by atoms with Gasteiger partial charge in [-0.25, -0.2) is 4.39 Å². The summed E-state index contributed by atoms with van der Waals surface area (Å²) in [7, 11) is 0. The van der Waals surface area contributed by atoms with Crippen molar-refractivity contribution >= 4 is 10.9 Å². The Morgan fingerprint density at radius 1 is 1.31 bits per heavy atom. The van der Waals surface area contributed by atoms with Gasteiger partial charge in [0, 0.05) is 11.5 Å². The molecule has 0 aliphatic rings. The normalized spacial score (nSPS) is 10.6. The van der Waals surface area contributed by atoms with Gasteiger partial charge in [-0.15, -0.1) is 0 Å². The number of aromatic nitrogens is 1.